The first-order valence-corrected chi connectivity index (χ1v) is 4.29. The van der Waals surface area contributed by atoms with Gasteiger partial charge in [-0.2, -0.15) is 0 Å². The first kappa shape index (κ1) is 12.7. The zero-order valence-electron chi connectivity index (χ0n) is 8.72. The first-order chi connectivity index (χ1) is 6.35. The lowest BCUT2D eigenvalue weighted by atomic mass is 10.2. The summed E-state index contributed by atoms with van der Waals surface area (Å²) in [6, 6.07) is 0. The molecule has 0 bridgehead atoms. The number of carbonyl (C=O) groups excluding carboxylic acids is 2. The molecule has 0 spiro atoms. The van der Waals surface area contributed by atoms with Gasteiger partial charge in [0.25, 0.3) is 0 Å². The number of rotatable bonds is 3. The van der Waals surface area contributed by atoms with Crippen LogP contribution in [0.1, 0.15) is 20.8 Å². The Labute approximate surface area is 84.2 Å². The van der Waals surface area contributed by atoms with E-state index in [0.717, 1.165) is 0 Å². The first-order valence-electron chi connectivity index (χ1n) is 4.29. The second-order valence-electron chi connectivity index (χ2n) is 3.66. The van der Waals surface area contributed by atoms with Crippen molar-refractivity contribution in [2.24, 2.45) is 0 Å². The molecule has 0 aromatic carbocycles. The Morgan fingerprint density at radius 2 is 1.86 bits per heavy atom. The second-order valence-corrected chi connectivity index (χ2v) is 3.66. The summed E-state index contributed by atoms with van der Waals surface area (Å²) >= 11 is 0. The van der Waals surface area contributed by atoms with Gasteiger partial charge in [0.1, 0.15) is 5.60 Å². The van der Waals surface area contributed by atoms with E-state index in [2.05, 4.69) is 10.6 Å². The third-order valence-corrected chi connectivity index (χ3v) is 1.09. The lowest BCUT2D eigenvalue weighted by Crippen LogP contribution is -2.39. The Hall–Kier alpha value is -1.26. The smallest absolute Gasteiger partial charge is 0.408 e. The van der Waals surface area contributed by atoms with Crippen LogP contribution in [0.4, 0.5) is 4.79 Å². The fraction of sp³-hybridized carbons (Fsp3) is 0.667. The summed E-state index contributed by atoms with van der Waals surface area (Å²) in [4.78, 5) is 21.9. The fourth-order valence-electron chi connectivity index (χ4n) is 0.643. The summed E-state index contributed by atoms with van der Waals surface area (Å²) in [5.74, 6) is -0.349. The van der Waals surface area contributed by atoms with Gasteiger partial charge in [-0.25, -0.2) is 4.79 Å². The molecule has 0 saturated heterocycles. The minimum absolute atomic E-state index is 0.0504. The van der Waals surface area contributed by atoms with E-state index in [-0.39, 0.29) is 19.0 Å². The van der Waals surface area contributed by atoms with Crippen LogP contribution in [0.2, 0.25) is 0 Å². The average molecular weight is 200 g/mol. The molecular formula is C9H16N2O3. The summed E-state index contributed by atoms with van der Waals surface area (Å²) < 4.78 is 4.90. The lowest BCUT2D eigenvalue weighted by molar-refractivity contribution is -0.120. The number of hydrogen-bond acceptors (Lipinski definition) is 3. The SMILES string of the molecule is [CH]CNC(=O)CNC(=O)OC(C)(C)C. The second kappa shape index (κ2) is 5.47. The number of alkyl carbamates (subject to hydrolysis) is 1. The maximum Gasteiger partial charge on any atom is 0.408 e. The molecule has 0 rings (SSSR count). The number of amides is 2. The zero-order valence-corrected chi connectivity index (χ0v) is 8.72. The van der Waals surface area contributed by atoms with Crippen LogP contribution in [0.15, 0.2) is 0 Å². The maximum absolute atomic E-state index is 11.0. The van der Waals surface area contributed by atoms with Crippen LogP contribution in [0.5, 0.6) is 0 Å². The average Bonchev–Trinajstić information content (AvgIpc) is 1.98. The largest absolute Gasteiger partial charge is 0.444 e. The van der Waals surface area contributed by atoms with Crippen LogP contribution in [0, 0.1) is 6.92 Å². The summed E-state index contributed by atoms with van der Waals surface area (Å²) in [5, 5.41) is 4.63. The van der Waals surface area contributed by atoms with Crippen LogP contribution < -0.4 is 10.6 Å². The van der Waals surface area contributed by atoms with E-state index >= 15 is 0 Å². The topological polar surface area (TPSA) is 67.4 Å². The van der Waals surface area contributed by atoms with Gasteiger partial charge in [0, 0.05) is 6.54 Å². The minimum Gasteiger partial charge on any atom is -0.444 e. The van der Waals surface area contributed by atoms with Crippen LogP contribution in [0.25, 0.3) is 0 Å². The Kier molecular flexibility index (Phi) is 4.97. The molecule has 5 nitrogen and oxygen atoms in total. The van der Waals surface area contributed by atoms with Crippen LogP contribution in [-0.4, -0.2) is 30.7 Å². The Bertz CT molecular complexity index is 209. The molecule has 2 radical (unpaired) electrons. The molecule has 0 aliphatic heterocycles. The van der Waals surface area contributed by atoms with E-state index in [1.165, 1.54) is 0 Å². The van der Waals surface area contributed by atoms with E-state index < -0.39 is 11.7 Å². The predicted octanol–water partition coefficient (Wildman–Crippen LogP) is 0.338. The van der Waals surface area contributed by atoms with Gasteiger partial charge >= 0.3 is 6.09 Å². The van der Waals surface area contributed by atoms with Crippen molar-refractivity contribution in [3.8, 4) is 0 Å². The molecule has 0 aromatic heterocycles. The van der Waals surface area contributed by atoms with Crippen molar-refractivity contribution >= 4 is 12.0 Å². The van der Waals surface area contributed by atoms with Crippen molar-refractivity contribution in [1.82, 2.24) is 10.6 Å². The van der Waals surface area contributed by atoms with Crippen LogP contribution in [0.3, 0.4) is 0 Å². The van der Waals surface area contributed by atoms with Crippen LogP contribution in [-0.2, 0) is 9.53 Å². The Balaban J connectivity index is 3.70. The predicted molar refractivity (Wildman–Crippen MR) is 51.5 cm³/mol. The molecule has 0 aliphatic carbocycles. The van der Waals surface area contributed by atoms with Gasteiger partial charge in [-0.05, 0) is 27.7 Å². The van der Waals surface area contributed by atoms with Gasteiger partial charge in [-0.15, -0.1) is 0 Å². The van der Waals surface area contributed by atoms with Gasteiger partial charge in [-0.3, -0.25) is 4.79 Å². The number of hydrogen-bond donors (Lipinski definition) is 2. The normalized spacial score (nSPS) is 10.6. The molecule has 2 amide bonds. The van der Waals surface area contributed by atoms with E-state index in [1.807, 2.05) is 0 Å². The van der Waals surface area contributed by atoms with Gasteiger partial charge < -0.3 is 15.4 Å². The molecule has 0 aliphatic rings. The molecular weight excluding hydrogens is 184 g/mol. The van der Waals surface area contributed by atoms with Crippen molar-refractivity contribution in [2.45, 2.75) is 26.4 Å². The van der Waals surface area contributed by atoms with Gasteiger partial charge in [-0.1, -0.05) is 0 Å². The van der Waals surface area contributed by atoms with E-state index in [0.29, 0.717) is 0 Å². The van der Waals surface area contributed by atoms with Gasteiger partial charge in [0.15, 0.2) is 0 Å². The third-order valence-electron chi connectivity index (χ3n) is 1.09. The van der Waals surface area contributed by atoms with E-state index in [1.54, 1.807) is 20.8 Å². The highest BCUT2D eigenvalue weighted by Crippen LogP contribution is 2.05. The highest BCUT2D eigenvalue weighted by molar-refractivity contribution is 5.82. The molecule has 0 atom stereocenters. The van der Waals surface area contributed by atoms with Gasteiger partial charge in [0.05, 0.1) is 6.54 Å². The number of carbonyl (C=O) groups is 2. The zero-order chi connectivity index (χ0) is 11.2. The van der Waals surface area contributed by atoms with Gasteiger partial charge in [0.2, 0.25) is 5.91 Å². The fourth-order valence-corrected chi connectivity index (χ4v) is 0.643. The molecule has 0 aromatic rings. The van der Waals surface area contributed by atoms with E-state index in [9.17, 15) is 9.59 Å². The molecule has 0 fully saturated rings. The summed E-state index contributed by atoms with van der Waals surface area (Å²) in [6.45, 7) is 10.2. The standard InChI is InChI=1S/C9H16N2O3/c1-5-10-7(12)6-11-8(13)14-9(2,3)4/h1H,5-6H2,2-4H3,(H,10,12)(H,11,13). The minimum atomic E-state index is -0.621. The number of nitrogens with one attached hydrogen (secondary N) is 2. The van der Waals surface area contributed by atoms with Crippen molar-refractivity contribution in [3.63, 3.8) is 0 Å². The molecule has 14 heavy (non-hydrogen) atoms. The summed E-state index contributed by atoms with van der Waals surface area (Å²) in [7, 11) is 0. The Morgan fingerprint density at radius 1 is 1.29 bits per heavy atom. The van der Waals surface area contributed by atoms with Crippen molar-refractivity contribution in [2.75, 3.05) is 13.1 Å². The summed E-state index contributed by atoms with van der Waals surface area (Å²) in [6.07, 6.45) is -0.621. The van der Waals surface area contributed by atoms with Crippen molar-refractivity contribution in [3.05, 3.63) is 6.92 Å². The molecule has 80 valence electrons. The lowest BCUT2D eigenvalue weighted by Gasteiger charge is -2.19. The molecule has 0 unspecified atom stereocenters. The molecule has 0 saturated carbocycles. The van der Waals surface area contributed by atoms with Crippen LogP contribution >= 0.6 is 0 Å². The van der Waals surface area contributed by atoms with E-state index in [4.69, 9.17) is 11.7 Å². The Morgan fingerprint density at radius 3 is 2.29 bits per heavy atom. The highest BCUT2D eigenvalue weighted by atomic mass is 16.6. The quantitative estimate of drug-likeness (QED) is 0.690. The maximum atomic E-state index is 11.0. The highest BCUT2D eigenvalue weighted by Gasteiger charge is 2.16. The van der Waals surface area contributed by atoms with Crippen molar-refractivity contribution < 1.29 is 14.3 Å². The molecule has 0 heterocycles. The third kappa shape index (κ3) is 7.39. The molecule has 5 heteroatoms. The van der Waals surface area contributed by atoms with Crippen molar-refractivity contribution in [1.29, 1.82) is 0 Å². The monoisotopic (exact) mass is 200 g/mol. The number of ether oxygens (including phenoxy) is 1. The molecule has 2 N–H and O–H groups in total. The summed E-state index contributed by atoms with van der Waals surface area (Å²) in [5.41, 5.74) is -0.561.